The van der Waals surface area contributed by atoms with Crippen LogP contribution in [0, 0.1) is 25.2 Å². The van der Waals surface area contributed by atoms with Gasteiger partial charge >= 0.3 is 0 Å². The Kier molecular flexibility index (Phi) is 5.37. The van der Waals surface area contributed by atoms with E-state index >= 15 is 0 Å². The van der Waals surface area contributed by atoms with Crippen molar-refractivity contribution < 1.29 is 4.79 Å². The Labute approximate surface area is 160 Å². The van der Waals surface area contributed by atoms with Crippen molar-refractivity contribution in [2.24, 2.45) is 5.10 Å². The molecule has 8 heteroatoms. The number of carbonyl (C=O) groups excluding carboxylic acids is 1. The quantitative estimate of drug-likeness (QED) is 0.555. The van der Waals surface area contributed by atoms with E-state index in [2.05, 4.69) is 20.6 Å². The average Bonchev–Trinajstić information content (AvgIpc) is 2.69. The highest BCUT2D eigenvalue weighted by Gasteiger charge is 2.20. The lowest BCUT2D eigenvalue weighted by Gasteiger charge is -2.11. The third-order valence-electron chi connectivity index (χ3n) is 3.96. The zero-order chi connectivity index (χ0) is 20.1. The van der Waals surface area contributed by atoms with Gasteiger partial charge in [-0.25, -0.2) is 5.43 Å². The minimum Gasteiger partial charge on any atom is -0.266 e. The van der Waals surface area contributed by atoms with Crippen molar-refractivity contribution in [1.29, 1.82) is 5.26 Å². The van der Waals surface area contributed by atoms with Crippen LogP contribution in [0.15, 0.2) is 58.6 Å². The largest absolute Gasteiger partial charge is 0.292 e. The lowest BCUT2D eigenvalue weighted by Crippen LogP contribution is -2.31. The molecule has 0 atom stereocenters. The number of aryl methyl sites for hydroxylation is 1. The Morgan fingerprint density at radius 2 is 2.07 bits per heavy atom. The molecule has 2 heterocycles. The van der Waals surface area contributed by atoms with Crippen molar-refractivity contribution in [3.05, 3.63) is 87.1 Å². The van der Waals surface area contributed by atoms with E-state index < -0.39 is 11.5 Å². The summed E-state index contributed by atoms with van der Waals surface area (Å²) in [4.78, 5) is 29.2. The SMILES string of the molecule is Cc1cccc(-n2nc(C(=O)N/N=C\c3ccccn3)c(C)c(C#N)c2=O)c1. The van der Waals surface area contributed by atoms with Crippen LogP contribution in [0.25, 0.3) is 5.69 Å². The summed E-state index contributed by atoms with van der Waals surface area (Å²) in [6.45, 7) is 3.37. The number of nitrogens with zero attached hydrogens (tertiary/aromatic N) is 5. The normalized spacial score (nSPS) is 10.6. The lowest BCUT2D eigenvalue weighted by molar-refractivity contribution is 0.0947. The van der Waals surface area contributed by atoms with Gasteiger partial charge in [0.15, 0.2) is 5.69 Å². The van der Waals surface area contributed by atoms with E-state index in [4.69, 9.17) is 0 Å². The minimum absolute atomic E-state index is 0.0594. The molecule has 0 fully saturated rings. The van der Waals surface area contributed by atoms with Gasteiger partial charge in [-0.2, -0.15) is 20.1 Å². The van der Waals surface area contributed by atoms with Crippen LogP contribution in [0.2, 0.25) is 0 Å². The van der Waals surface area contributed by atoms with Crippen molar-refractivity contribution in [2.75, 3.05) is 0 Å². The topological polar surface area (TPSA) is 113 Å². The molecule has 138 valence electrons. The van der Waals surface area contributed by atoms with Crippen molar-refractivity contribution in [3.63, 3.8) is 0 Å². The number of aromatic nitrogens is 3. The molecule has 3 aromatic rings. The molecule has 0 unspecified atom stereocenters. The number of hydrogen-bond acceptors (Lipinski definition) is 6. The first-order valence-corrected chi connectivity index (χ1v) is 8.37. The van der Waals surface area contributed by atoms with Gasteiger partial charge in [-0.05, 0) is 43.7 Å². The maximum Gasteiger partial charge on any atom is 0.292 e. The number of carbonyl (C=O) groups is 1. The van der Waals surface area contributed by atoms with Crippen LogP contribution >= 0.6 is 0 Å². The van der Waals surface area contributed by atoms with Crippen LogP contribution in [0.4, 0.5) is 0 Å². The molecule has 28 heavy (non-hydrogen) atoms. The molecule has 0 radical (unpaired) electrons. The second-order valence-corrected chi connectivity index (χ2v) is 5.97. The smallest absolute Gasteiger partial charge is 0.266 e. The number of nitrogens with one attached hydrogen (secondary N) is 1. The molecule has 0 saturated carbocycles. The minimum atomic E-state index is -0.636. The average molecular weight is 372 g/mol. The van der Waals surface area contributed by atoms with E-state index in [0.717, 1.165) is 10.2 Å². The van der Waals surface area contributed by atoms with Gasteiger partial charge in [-0.1, -0.05) is 18.2 Å². The molecule has 3 rings (SSSR count). The fraction of sp³-hybridized carbons (Fsp3) is 0.100. The van der Waals surface area contributed by atoms with E-state index in [1.807, 2.05) is 19.1 Å². The Hall–Kier alpha value is -4.12. The molecule has 0 aliphatic rings. The van der Waals surface area contributed by atoms with Crippen molar-refractivity contribution in [1.82, 2.24) is 20.2 Å². The number of nitriles is 1. The number of rotatable bonds is 4. The first-order valence-electron chi connectivity index (χ1n) is 8.37. The standard InChI is InChI=1S/C20H16N6O2/c1-13-6-5-8-16(10-13)26-20(28)17(11-21)14(2)18(25-26)19(27)24-23-12-15-7-3-4-9-22-15/h3-10,12H,1-2H3,(H,24,27)/b23-12-. The van der Waals surface area contributed by atoms with Gasteiger partial charge in [0.25, 0.3) is 11.5 Å². The van der Waals surface area contributed by atoms with Gasteiger partial charge in [0.1, 0.15) is 11.6 Å². The number of benzene rings is 1. The van der Waals surface area contributed by atoms with Gasteiger partial charge in [0.2, 0.25) is 0 Å². The van der Waals surface area contributed by atoms with Crippen LogP contribution in [0.5, 0.6) is 0 Å². The fourth-order valence-corrected chi connectivity index (χ4v) is 2.55. The van der Waals surface area contributed by atoms with Gasteiger partial charge < -0.3 is 0 Å². The molecule has 8 nitrogen and oxygen atoms in total. The van der Waals surface area contributed by atoms with Crippen LogP contribution in [-0.2, 0) is 0 Å². The fourth-order valence-electron chi connectivity index (χ4n) is 2.55. The third-order valence-corrected chi connectivity index (χ3v) is 3.96. The van der Waals surface area contributed by atoms with E-state index in [9.17, 15) is 14.9 Å². The lowest BCUT2D eigenvalue weighted by atomic mass is 10.1. The Balaban J connectivity index is 2.00. The number of pyridine rings is 1. The monoisotopic (exact) mass is 372 g/mol. The second-order valence-electron chi connectivity index (χ2n) is 5.97. The van der Waals surface area contributed by atoms with Gasteiger partial charge in [0.05, 0.1) is 17.6 Å². The second kappa shape index (κ2) is 8.05. The number of amides is 1. The van der Waals surface area contributed by atoms with Crippen LogP contribution < -0.4 is 11.0 Å². The molecule has 1 N–H and O–H groups in total. The summed E-state index contributed by atoms with van der Waals surface area (Å²) in [5, 5.41) is 17.4. The van der Waals surface area contributed by atoms with E-state index in [-0.39, 0.29) is 16.8 Å². The molecule has 2 aromatic heterocycles. The molecule has 0 bridgehead atoms. The predicted octanol–water partition coefficient (Wildman–Crippen LogP) is 1.88. The summed E-state index contributed by atoms with van der Waals surface area (Å²) < 4.78 is 1.05. The molecule has 1 aromatic carbocycles. The number of hydrazone groups is 1. The van der Waals surface area contributed by atoms with Crippen molar-refractivity contribution in [2.45, 2.75) is 13.8 Å². The van der Waals surface area contributed by atoms with Gasteiger partial charge in [0, 0.05) is 11.8 Å². The molecule has 0 aliphatic heterocycles. The van der Waals surface area contributed by atoms with Crippen LogP contribution in [0.3, 0.4) is 0 Å². The zero-order valence-corrected chi connectivity index (χ0v) is 15.2. The summed E-state index contributed by atoms with van der Waals surface area (Å²) in [5.41, 5.74) is 3.71. The van der Waals surface area contributed by atoms with Crippen LogP contribution in [-0.4, -0.2) is 26.9 Å². The summed E-state index contributed by atoms with van der Waals surface area (Å²) in [6.07, 6.45) is 2.99. The van der Waals surface area contributed by atoms with E-state index in [0.29, 0.717) is 11.4 Å². The first kappa shape index (κ1) is 18.7. The third kappa shape index (κ3) is 3.83. The van der Waals surface area contributed by atoms with Crippen molar-refractivity contribution in [3.8, 4) is 11.8 Å². The van der Waals surface area contributed by atoms with E-state index in [1.165, 1.54) is 13.1 Å². The van der Waals surface area contributed by atoms with Gasteiger partial charge in [-0.3, -0.25) is 14.6 Å². The van der Waals surface area contributed by atoms with Crippen LogP contribution in [0.1, 0.15) is 32.9 Å². The predicted molar refractivity (Wildman–Crippen MR) is 103 cm³/mol. The van der Waals surface area contributed by atoms with Crippen molar-refractivity contribution >= 4 is 12.1 Å². The maximum absolute atomic E-state index is 12.6. The highest BCUT2D eigenvalue weighted by atomic mass is 16.2. The molecule has 0 aliphatic carbocycles. The number of hydrogen-bond donors (Lipinski definition) is 1. The van der Waals surface area contributed by atoms with Gasteiger partial charge in [-0.15, -0.1) is 0 Å². The Morgan fingerprint density at radius 1 is 1.25 bits per heavy atom. The summed E-state index contributed by atoms with van der Waals surface area (Å²) in [7, 11) is 0. The molecular formula is C20H16N6O2. The zero-order valence-electron chi connectivity index (χ0n) is 15.2. The molecule has 0 saturated heterocycles. The highest BCUT2D eigenvalue weighted by Crippen LogP contribution is 2.11. The maximum atomic E-state index is 12.6. The Morgan fingerprint density at radius 3 is 2.75 bits per heavy atom. The molecular weight excluding hydrogens is 356 g/mol. The summed E-state index contributed by atoms with van der Waals surface area (Å²) in [6, 6.07) is 14.2. The summed E-state index contributed by atoms with van der Waals surface area (Å²) in [5.74, 6) is -0.636. The molecule has 1 amide bonds. The first-order chi connectivity index (χ1) is 13.5. The van der Waals surface area contributed by atoms with E-state index in [1.54, 1.807) is 42.6 Å². The molecule has 0 spiro atoms. The summed E-state index contributed by atoms with van der Waals surface area (Å²) >= 11 is 0. The highest BCUT2D eigenvalue weighted by molar-refractivity contribution is 5.94. The Bertz CT molecular complexity index is 1160.